The minimum Gasteiger partial charge on any atom is -0.494 e. The molecule has 2 aromatic rings. The zero-order valence-corrected chi connectivity index (χ0v) is 17.5. The van der Waals surface area contributed by atoms with Crippen LogP contribution >= 0.6 is 11.3 Å². The van der Waals surface area contributed by atoms with Crippen molar-refractivity contribution in [1.82, 2.24) is 4.98 Å². The Kier molecular flexibility index (Phi) is 6.88. The second-order valence-electron chi connectivity index (χ2n) is 7.51. The third kappa shape index (κ3) is 5.44. The highest BCUT2D eigenvalue weighted by Crippen LogP contribution is 2.31. The number of carbonyl (C=O) groups is 2. The molecule has 0 radical (unpaired) electrons. The zero-order valence-electron chi connectivity index (χ0n) is 16.7. The van der Waals surface area contributed by atoms with Gasteiger partial charge in [-0.1, -0.05) is 25.2 Å². The molecule has 1 amide bonds. The summed E-state index contributed by atoms with van der Waals surface area (Å²) in [6, 6.07) is 5.64. The van der Waals surface area contributed by atoms with E-state index in [1.54, 1.807) is 0 Å². The maximum Gasteiger partial charge on any atom is 0.306 e. The third-order valence-electron chi connectivity index (χ3n) is 5.32. The van der Waals surface area contributed by atoms with E-state index in [9.17, 15) is 9.59 Å². The third-order valence-corrected chi connectivity index (χ3v) is 6.26. The lowest BCUT2D eigenvalue weighted by Gasteiger charge is -2.31. The molecule has 3 rings (SSSR count). The molecule has 152 valence electrons. The summed E-state index contributed by atoms with van der Waals surface area (Å²) in [6.07, 6.45) is 3.09. The summed E-state index contributed by atoms with van der Waals surface area (Å²) in [7, 11) is 0. The standard InChI is InChI=1S/C21H28N2O4S/c1-4-26-15-7-8-17-18(12-15)28-21(22-17)23-19(24)9-10-20(25)27-16-6-5-13(2)14(3)11-16/h7-8,12-14,16H,4-6,9-11H2,1-3H3,(H,22,23,24)/t13-,14-,16+/m0/s1. The molecule has 0 bridgehead atoms. The van der Waals surface area contributed by atoms with Gasteiger partial charge in [0, 0.05) is 6.42 Å². The fraction of sp³-hybridized carbons (Fsp3) is 0.571. The first-order valence-electron chi connectivity index (χ1n) is 9.97. The van der Waals surface area contributed by atoms with E-state index >= 15 is 0 Å². The van der Waals surface area contributed by atoms with Crippen LogP contribution in [0.4, 0.5) is 5.13 Å². The van der Waals surface area contributed by atoms with Gasteiger partial charge in [0.05, 0.1) is 23.2 Å². The van der Waals surface area contributed by atoms with E-state index in [0.717, 1.165) is 35.2 Å². The summed E-state index contributed by atoms with van der Waals surface area (Å²) in [4.78, 5) is 28.6. The zero-order chi connectivity index (χ0) is 20.1. The lowest BCUT2D eigenvalue weighted by atomic mass is 9.80. The molecule has 1 fully saturated rings. The summed E-state index contributed by atoms with van der Waals surface area (Å²) in [5, 5.41) is 3.30. The molecule has 1 aliphatic rings. The molecule has 0 saturated heterocycles. The summed E-state index contributed by atoms with van der Waals surface area (Å²) >= 11 is 1.39. The van der Waals surface area contributed by atoms with E-state index in [0.29, 0.717) is 23.6 Å². The van der Waals surface area contributed by atoms with Crippen molar-refractivity contribution in [2.75, 3.05) is 11.9 Å². The minimum atomic E-state index is -0.299. The van der Waals surface area contributed by atoms with Crippen LogP contribution in [0.5, 0.6) is 5.75 Å². The van der Waals surface area contributed by atoms with Crippen molar-refractivity contribution in [3.05, 3.63) is 18.2 Å². The average Bonchev–Trinajstić information content (AvgIpc) is 3.05. The molecule has 1 aromatic heterocycles. The number of nitrogens with zero attached hydrogens (tertiary/aromatic N) is 1. The fourth-order valence-corrected chi connectivity index (χ4v) is 4.37. The van der Waals surface area contributed by atoms with Gasteiger partial charge in [-0.25, -0.2) is 4.98 Å². The SMILES string of the molecule is CCOc1ccc2nc(NC(=O)CCC(=O)O[C@@H]3CC[C@H](C)[C@@H](C)C3)sc2c1. The maximum atomic E-state index is 12.2. The minimum absolute atomic E-state index is 0.00874. The number of hydrogen-bond donors (Lipinski definition) is 1. The highest BCUT2D eigenvalue weighted by atomic mass is 32.1. The number of nitrogens with one attached hydrogen (secondary N) is 1. The Morgan fingerprint density at radius 2 is 2.04 bits per heavy atom. The molecule has 1 heterocycles. The quantitative estimate of drug-likeness (QED) is 0.672. The van der Waals surface area contributed by atoms with Crippen LogP contribution in [0.3, 0.4) is 0 Å². The highest BCUT2D eigenvalue weighted by Gasteiger charge is 2.27. The molecule has 1 N–H and O–H groups in total. The van der Waals surface area contributed by atoms with E-state index < -0.39 is 0 Å². The van der Waals surface area contributed by atoms with Crippen LogP contribution in [0.2, 0.25) is 0 Å². The molecule has 7 heteroatoms. The first-order chi connectivity index (χ1) is 13.4. The second-order valence-corrected chi connectivity index (χ2v) is 8.54. The smallest absolute Gasteiger partial charge is 0.306 e. The lowest BCUT2D eigenvalue weighted by Crippen LogP contribution is -2.29. The summed E-state index contributed by atoms with van der Waals surface area (Å²) in [5.74, 6) is 1.50. The molecule has 1 saturated carbocycles. The predicted molar refractivity (Wildman–Crippen MR) is 111 cm³/mol. The van der Waals surface area contributed by atoms with Crippen molar-refractivity contribution in [2.24, 2.45) is 11.8 Å². The molecule has 0 spiro atoms. The predicted octanol–water partition coefficient (Wildman–Crippen LogP) is 4.78. The van der Waals surface area contributed by atoms with Gasteiger partial charge in [0.25, 0.3) is 0 Å². The van der Waals surface area contributed by atoms with Crippen molar-refractivity contribution in [3.8, 4) is 5.75 Å². The molecule has 6 nitrogen and oxygen atoms in total. The number of thiazole rings is 1. The topological polar surface area (TPSA) is 77.5 Å². The normalized spacial score (nSPS) is 22.0. The van der Waals surface area contributed by atoms with Crippen LogP contribution < -0.4 is 10.1 Å². The lowest BCUT2D eigenvalue weighted by molar-refractivity contribution is -0.152. The van der Waals surface area contributed by atoms with Crippen molar-refractivity contribution in [1.29, 1.82) is 0 Å². The number of aromatic nitrogens is 1. The van der Waals surface area contributed by atoms with E-state index in [1.165, 1.54) is 11.3 Å². The van der Waals surface area contributed by atoms with Gasteiger partial charge < -0.3 is 14.8 Å². The number of ether oxygens (including phenoxy) is 2. The Hall–Kier alpha value is -2.15. The Morgan fingerprint density at radius 1 is 1.21 bits per heavy atom. The van der Waals surface area contributed by atoms with E-state index in [1.807, 2.05) is 25.1 Å². The summed E-state index contributed by atoms with van der Waals surface area (Å²) < 4.78 is 12.0. The molecular weight excluding hydrogens is 376 g/mol. The molecule has 28 heavy (non-hydrogen) atoms. The summed E-state index contributed by atoms with van der Waals surface area (Å²) in [6.45, 7) is 6.98. The van der Waals surface area contributed by atoms with E-state index in [2.05, 4.69) is 24.1 Å². The van der Waals surface area contributed by atoms with Crippen LogP contribution in [0.25, 0.3) is 10.2 Å². The van der Waals surface area contributed by atoms with Crippen molar-refractivity contribution in [2.45, 2.75) is 59.0 Å². The first-order valence-corrected chi connectivity index (χ1v) is 10.8. The number of fused-ring (bicyclic) bond motifs is 1. The van der Waals surface area contributed by atoms with Crippen LogP contribution in [0.1, 0.15) is 52.9 Å². The van der Waals surface area contributed by atoms with Crippen LogP contribution in [0.15, 0.2) is 18.2 Å². The molecule has 0 aliphatic heterocycles. The number of esters is 1. The molecular formula is C21H28N2O4S. The number of benzene rings is 1. The van der Waals surface area contributed by atoms with Crippen molar-refractivity contribution in [3.63, 3.8) is 0 Å². The van der Waals surface area contributed by atoms with E-state index in [4.69, 9.17) is 9.47 Å². The first kappa shape index (κ1) is 20.6. The molecule has 0 unspecified atom stereocenters. The number of hydrogen-bond acceptors (Lipinski definition) is 6. The van der Waals surface area contributed by atoms with Gasteiger partial charge in [-0.05, 0) is 56.2 Å². The average molecular weight is 405 g/mol. The number of carbonyl (C=O) groups excluding carboxylic acids is 2. The Labute approximate surface area is 169 Å². The fourth-order valence-electron chi connectivity index (χ4n) is 3.46. The summed E-state index contributed by atoms with van der Waals surface area (Å²) in [5.41, 5.74) is 0.809. The van der Waals surface area contributed by atoms with Crippen molar-refractivity contribution >= 4 is 38.6 Å². The number of anilines is 1. The van der Waals surface area contributed by atoms with Gasteiger partial charge in [0.2, 0.25) is 5.91 Å². The Balaban J connectivity index is 1.46. The van der Waals surface area contributed by atoms with Crippen molar-refractivity contribution < 1.29 is 19.1 Å². The maximum absolute atomic E-state index is 12.2. The van der Waals surface area contributed by atoms with Gasteiger partial charge in [-0.3, -0.25) is 9.59 Å². The highest BCUT2D eigenvalue weighted by molar-refractivity contribution is 7.22. The second kappa shape index (κ2) is 9.37. The van der Waals surface area contributed by atoms with Crippen LogP contribution in [-0.4, -0.2) is 29.6 Å². The van der Waals surface area contributed by atoms with E-state index in [-0.39, 0.29) is 30.8 Å². The van der Waals surface area contributed by atoms with Gasteiger partial charge in [-0.2, -0.15) is 0 Å². The number of rotatable bonds is 7. The van der Waals surface area contributed by atoms with Crippen LogP contribution in [0, 0.1) is 11.8 Å². The molecule has 3 atom stereocenters. The van der Waals surface area contributed by atoms with Gasteiger partial charge >= 0.3 is 5.97 Å². The molecule has 1 aromatic carbocycles. The largest absolute Gasteiger partial charge is 0.494 e. The van der Waals surface area contributed by atoms with Gasteiger partial charge in [0.1, 0.15) is 11.9 Å². The Morgan fingerprint density at radius 3 is 2.79 bits per heavy atom. The molecule has 1 aliphatic carbocycles. The van der Waals surface area contributed by atoms with Gasteiger partial charge in [0.15, 0.2) is 5.13 Å². The number of amides is 1. The van der Waals surface area contributed by atoms with Gasteiger partial charge in [-0.15, -0.1) is 0 Å². The monoisotopic (exact) mass is 404 g/mol. The Bertz CT molecular complexity index is 835. The van der Waals surface area contributed by atoms with Crippen LogP contribution in [-0.2, 0) is 14.3 Å².